The van der Waals surface area contributed by atoms with Crippen LogP contribution in [0, 0.1) is 17.1 Å². The zero-order chi connectivity index (χ0) is 16.4. The van der Waals surface area contributed by atoms with E-state index < -0.39 is 21.9 Å². The Kier molecular flexibility index (Phi) is 4.46. The van der Waals surface area contributed by atoms with Crippen molar-refractivity contribution in [3.05, 3.63) is 52.0 Å². The van der Waals surface area contributed by atoms with Gasteiger partial charge < -0.3 is 4.74 Å². The monoisotopic (exact) mass is 352 g/mol. The third-order valence-electron chi connectivity index (χ3n) is 3.63. The number of benzene rings is 1. The van der Waals surface area contributed by atoms with Crippen molar-refractivity contribution in [1.29, 1.82) is 5.26 Å². The Morgan fingerprint density at radius 3 is 2.96 bits per heavy atom. The highest BCUT2D eigenvalue weighted by Crippen LogP contribution is 2.33. The zero-order valence-electron chi connectivity index (χ0n) is 12.0. The smallest absolute Gasteiger partial charge is 0.245 e. The largest absolute Gasteiger partial charge is 0.378 e. The Bertz CT molecular complexity index is 858. The standard InChI is InChI=1S/C15H13FN2O3S2/c16-12-3-1-2-11(8-12)13-10-21-6-5-18(13)23(19,20)15-4-7-22-14(15)9-17/h1-4,7-8,13H,5-6,10H2. The van der Waals surface area contributed by atoms with Gasteiger partial charge in [-0.25, -0.2) is 12.8 Å². The molecule has 2 aromatic rings. The lowest BCUT2D eigenvalue weighted by Gasteiger charge is -2.34. The van der Waals surface area contributed by atoms with Crippen LogP contribution in [0.2, 0.25) is 0 Å². The second-order valence-electron chi connectivity index (χ2n) is 4.99. The van der Waals surface area contributed by atoms with E-state index in [9.17, 15) is 12.8 Å². The molecule has 0 amide bonds. The molecule has 0 saturated carbocycles. The molecule has 120 valence electrons. The van der Waals surface area contributed by atoms with E-state index in [2.05, 4.69) is 0 Å². The van der Waals surface area contributed by atoms with Crippen LogP contribution < -0.4 is 0 Å². The maximum Gasteiger partial charge on any atom is 0.245 e. The number of rotatable bonds is 3. The molecule has 1 aromatic heterocycles. The van der Waals surface area contributed by atoms with Gasteiger partial charge in [0.1, 0.15) is 21.7 Å². The Balaban J connectivity index is 2.03. The number of hydrogen-bond acceptors (Lipinski definition) is 5. The third-order valence-corrected chi connectivity index (χ3v) is 6.53. The normalized spacial score (nSPS) is 19.4. The summed E-state index contributed by atoms with van der Waals surface area (Å²) in [5, 5.41) is 10.7. The Hall–Kier alpha value is -1.79. The number of hydrogen-bond donors (Lipinski definition) is 0. The van der Waals surface area contributed by atoms with Gasteiger partial charge in [-0.1, -0.05) is 12.1 Å². The summed E-state index contributed by atoms with van der Waals surface area (Å²) in [6.45, 7) is 0.565. The lowest BCUT2D eigenvalue weighted by Crippen LogP contribution is -2.43. The summed E-state index contributed by atoms with van der Waals surface area (Å²) in [4.78, 5) is 0.141. The van der Waals surface area contributed by atoms with Crippen LogP contribution in [0.3, 0.4) is 0 Å². The van der Waals surface area contributed by atoms with E-state index in [0.717, 1.165) is 11.3 Å². The number of halogens is 1. The van der Waals surface area contributed by atoms with Gasteiger partial charge in [0.15, 0.2) is 0 Å². The number of sulfonamides is 1. The van der Waals surface area contributed by atoms with E-state index in [0.29, 0.717) is 5.56 Å². The lowest BCUT2D eigenvalue weighted by molar-refractivity contribution is 0.0320. The zero-order valence-corrected chi connectivity index (χ0v) is 13.6. The van der Waals surface area contributed by atoms with Gasteiger partial charge in [-0.3, -0.25) is 0 Å². The average molecular weight is 352 g/mol. The maximum absolute atomic E-state index is 13.5. The molecule has 1 fully saturated rings. The van der Waals surface area contributed by atoms with Gasteiger partial charge >= 0.3 is 0 Å². The Morgan fingerprint density at radius 1 is 1.39 bits per heavy atom. The van der Waals surface area contributed by atoms with Crippen LogP contribution in [0.15, 0.2) is 40.6 Å². The fraction of sp³-hybridized carbons (Fsp3) is 0.267. The molecule has 1 atom stereocenters. The predicted octanol–water partition coefficient (Wildman–Crippen LogP) is 2.52. The summed E-state index contributed by atoms with van der Waals surface area (Å²) in [6, 6.07) is 8.54. The molecule has 5 nitrogen and oxygen atoms in total. The van der Waals surface area contributed by atoms with Crippen LogP contribution >= 0.6 is 11.3 Å². The fourth-order valence-electron chi connectivity index (χ4n) is 2.56. The van der Waals surface area contributed by atoms with Gasteiger partial charge in [-0.05, 0) is 29.1 Å². The average Bonchev–Trinajstić information content (AvgIpc) is 3.04. The molecule has 1 unspecified atom stereocenters. The first kappa shape index (κ1) is 16.1. The minimum atomic E-state index is -3.85. The molecule has 0 radical (unpaired) electrons. The lowest BCUT2D eigenvalue weighted by atomic mass is 10.1. The molecule has 3 rings (SSSR count). The number of morpholine rings is 1. The van der Waals surface area contributed by atoms with Gasteiger partial charge in [-0.2, -0.15) is 9.57 Å². The number of ether oxygens (including phenoxy) is 1. The Morgan fingerprint density at radius 2 is 2.22 bits per heavy atom. The molecule has 1 aliphatic rings. The number of nitriles is 1. The van der Waals surface area contributed by atoms with E-state index in [1.807, 2.05) is 6.07 Å². The van der Waals surface area contributed by atoms with E-state index in [1.54, 1.807) is 11.4 Å². The summed E-state index contributed by atoms with van der Waals surface area (Å²) in [5.74, 6) is -0.432. The van der Waals surface area contributed by atoms with Gasteiger partial charge in [0.05, 0.1) is 19.3 Å². The fourth-order valence-corrected chi connectivity index (χ4v) is 5.29. The van der Waals surface area contributed by atoms with Gasteiger partial charge in [0.2, 0.25) is 10.0 Å². The summed E-state index contributed by atoms with van der Waals surface area (Å²) < 4.78 is 46.0. The molecule has 0 N–H and O–H groups in total. The van der Waals surface area contributed by atoms with Crippen LogP contribution in [0.4, 0.5) is 4.39 Å². The van der Waals surface area contributed by atoms with E-state index in [4.69, 9.17) is 10.00 Å². The van der Waals surface area contributed by atoms with Crippen molar-refractivity contribution in [2.45, 2.75) is 10.9 Å². The molecular formula is C15H13FN2O3S2. The summed E-state index contributed by atoms with van der Waals surface area (Å²) in [5.41, 5.74) is 0.530. The van der Waals surface area contributed by atoms with Crippen molar-refractivity contribution >= 4 is 21.4 Å². The minimum Gasteiger partial charge on any atom is -0.378 e. The third kappa shape index (κ3) is 3.01. The van der Waals surface area contributed by atoms with E-state index in [1.165, 1.54) is 28.6 Å². The number of nitrogens with zero attached hydrogens (tertiary/aromatic N) is 2. The molecule has 1 saturated heterocycles. The highest BCUT2D eigenvalue weighted by molar-refractivity contribution is 7.89. The molecule has 1 aliphatic heterocycles. The molecule has 23 heavy (non-hydrogen) atoms. The first-order valence-electron chi connectivity index (χ1n) is 6.86. The van der Waals surface area contributed by atoms with E-state index >= 15 is 0 Å². The first-order chi connectivity index (χ1) is 11.0. The molecule has 0 bridgehead atoms. The summed E-state index contributed by atoms with van der Waals surface area (Å²) >= 11 is 1.08. The first-order valence-corrected chi connectivity index (χ1v) is 9.18. The Labute approximate surface area is 137 Å². The quantitative estimate of drug-likeness (QED) is 0.851. The molecule has 0 spiro atoms. The SMILES string of the molecule is N#Cc1sccc1S(=O)(=O)N1CCOCC1c1cccc(F)c1. The van der Waals surface area contributed by atoms with Gasteiger partial charge in [0.25, 0.3) is 0 Å². The molecule has 1 aromatic carbocycles. The second kappa shape index (κ2) is 6.37. The topological polar surface area (TPSA) is 70.4 Å². The van der Waals surface area contributed by atoms with Crippen molar-refractivity contribution in [2.24, 2.45) is 0 Å². The van der Waals surface area contributed by atoms with Crippen molar-refractivity contribution < 1.29 is 17.5 Å². The molecular weight excluding hydrogens is 339 g/mol. The second-order valence-corrected chi connectivity index (χ2v) is 7.76. The van der Waals surface area contributed by atoms with E-state index in [-0.39, 0.29) is 29.5 Å². The molecule has 2 heterocycles. The number of thiophene rings is 1. The van der Waals surface area contributed by atoms with Crippen molar-refractivity contribution in [3.63, 3.8) is 0 Å². The molecule has 8 heteroatoms. The van der Waals surface area contributed by atoms with Crippen LogP contribution in [0.5, 0.6) is 0 Å². The molecule has 0 aliphatic carbocycles. The van der Waals surface area contributed by atoms with Crippen molar-refractivity contribution in [1.82, 2.24) is 4.31 Å². The van der Waals surface area contributed by atoms with Crippen molar-refractivity contribution in [2.75, 3.05) is 19.8 Å². The van der Waals surface area contributed by atoms with Crippen LogP contribution in [-0.4, -0.2) is 32.5 Å². The summed E-state index contributed by atoms with van der Waals surface area (Å²) in [6.07, 6.45) is 0. The van der Waals surface area contributed by atoms with Crippen LogP contribution in [0.1, 0.15) is 16.5 Å². The van der Waals surface area contributed by atoms with Crippen molar-refractivity contribution in [3.8, 4) is 6.07 Å². The van der Waals surface area contributed by atoms with Gasteiger partial charge in [0, 0.05) is 6.54 Å². The van der Waals surface area contributed by atoms with Crippen LogP contribution in [-0.2, 0) is 14.8 Å². The predicted molar refractivity (Wildman–Crippen MR) is 82.9 cm³/mol. The summed E-state index contributed by atoms with van der Waals surface area (Å²) in [7, 11) is -3.85. The minimum absolute atomic E-state index is 0.00620. The highest BCUT2D eigenvalue weighted by atomic mass is 32.2. The van der Waals surface area contributed by atoms with Crippen LogP contribution in [0.25, 0.3) is 0 Å². The van der Waals surface area contributed by atoms with Gasteiger partial charge in [-0.15, -0.1) is 11.3 Å². The maximum atomic E-state index is 13.5. The highest BCUT2D eigenvalue weighted by Gasteiger charge is 2.36.